The molecule has 3 aromatic rings. The van der Waals surface area contributed by atoms with Crippen molar-refractivity contribution in [3.8, 4) is 23.3 Å². The zero-order chi connectivity index (χ0) is 20.5. The first kappa shape index (κ1) is 19.8. The maximum absolute atomic E-state index is 11.9. The van der Waals surface area contributed by atoms with Gasteiger partial charge < -0.3 is 20.5 Å². The van der Waals surface area contributed by atoms with E-state index < -0.39 is 5.91 Å². The van der Waals surface area contributed by atoms with E-state index in [0.717, 1.165) is 10.8 Å². The molecule has 2 amide bonds. The molecule has 0 aliphatic carbocycles. The Morgan fingerprint density at radius 2 is 1.66 bits per heavy atom. The molecule has 0 saturated heterocycles. The fourth-order valence-electron chi connectivity index (χ4n) is 2.62. The van der Waals surface area contributed by atoms with Gasteiger partial charge in [-0.25, -0.2) is 0 Å². The quantitative estimate of drug-likeness (QED) is 0.609. The van der Waals surface area contributed by atoms with E-state index in [1.807, 2.05) is 42.5 Å². The van der Waals surface area contributed by atoms with Crippen molar-refractivity contribution >= 4 is 22.6 Å². The third-order valence-electron chi connectivity index (χ3n) is 4.04. The van der Waals surface area contributed by atoms with Crippen LogP contribution in [0.4, 0.5) is 0 Å². The number of fused-ring (bicyclic) bond motifs is 1. The Hall–Kier alpha value is -3.98. The predicted octanol–water partition coefficient (Wildman–Crippen LogP) is 2.52. The summed E-state index contributed by atoms with van der Waals surface area (Å²) in [6.45, 7) is 0.150. The fourth-order valence-corrected chi connectivity index (χ4v) is 2.62. The number of nitrogens with two attached hydrogens (primary N) is 1. The van der Waals surface area contributed by atoms with Gasteiger partial charge in [-0.3, -0.25) is 9.59 Å². The van der Waals surface area contributed by atoms with Crippen LogP contribution >= 0.6 is 0 Å². The fraction of sp³-hybridized carbons (Fsp3) is 0.130. The van der Waals surface area contributed by atoms with Crippen LogP contribution in [-0.4, -0.2) is 31.6 Å². The highest BCUT2D eigenvalue weighted by atomic mass is 16.5. The van der Waals surface area contributed by atoms with Gasteiger partial charge >= 0.3 is 0 Å². The minimum absolute atomic E-state index is 0.0771. The highest BCUT2D eigenvalue weighted by Crippen LogP contribution is 2.20. The van der Waals surface area contributed by atoms with E-state index in [2.05, 4.69) is 17.2 Å². The molecule has 0 aliphatic heterocycles. The summed E-state index contributed by atoms with van der Waals surface area (Å²) in [6.07, 6.45) is 0. The van der Waals surface area contributed by atoms with Crippen molar-refractivity contribution in [2.75, 3.05) is 19.8 Å². The highest BCUT2D eigenvalue weighted by molar-refractivity contribution is 5.95. The Bertz CT molecular complexity index is 1080. The summed E-state index contributed by atoms with van der Waals surface area (Å²) >= 11 is 0. The average Bonchev–Trinajstić information content (AvgIpc) is 2.74. The molecule has 6 heteroatoms. The monoisotopic (exact) mass is 388 g/mol. The number of rotatable bonds is 7. The molecule has 0 spiro atoms. The van der Waals surface area contributed by atoms with Gasteiger partial charge in [-0.1, -0.05) is 54.3 Å². The molecule has 3 aromatic carbocycles. The Morgan fingerprint density at radius 1 is 0.897 bits per heavy atom. The van der Waals surface area contributed by atoms with Crippen molar-refractivity contribution in [3.05, 3.63) is 72.3 Å². The number of carbonyl (C=O) groups excluding carboxylic acids is 2. The maximum atomic E-state index is 11.9. The number of carbonyl (C=O) groups is 2. The third-order valence-corrected chi connectivity index (χ3v) is 4.04. The molecular formula is C23H20N2O4. The van der Waals surface area contributed by atoms with E-state index in [1.165, 1.54) is 0 Å². The summed E-state index contributed by atoms with van der Waals surface area (Å²) in [6, 6.07) is 20.3. The number of hydrogen-bond acceptors (Lipinski definition) is 4. The first-order valence-electron chi connectivity index (χ1n) is 8.99. The van der Waals surface area contributed by atoms with Gasteiger partial charge in [0.05, 0.1) is 12.1 Å². The Balaban J connectivity index is 1.39. The van der Waals surface area contributed by atoms with Crippen LogP contribution in [0.5, 0.6) is 11.5 Å². The smallest absolute Gasteiger partial charge is 0.258 e. The van der Waals surface area contributed by atoms with Gasteiger partial charge in [0, 0.05) is 0 Å². The molecule has 3 N–H and O–H groups in total. The summed E-state index contributed by atoms with van der Waals surface area (Å²) in [4.78, 5) is 23.2. The molecule has 0 unspecified atom stereocenters. The van der Waals surface area contributed by atoms with E-state index in [0.29, 0.717) is 17.1 Å². The summed E-state index contributed by atoms with van der Waals surface area (Å²) in [5.74, 6) is 5.72. The van der Waals surface area contributed by atoms with Crippen molar-refractivity contribution < 1.29 is 19.1 Å². The largest absolute Gasteiger partial charge is 0.484 e. The molecule has 0 aromatic heterocycles. The van der Waals surface area contributed by atoms with Crippen LogP contribution in [0.3, 0.4) is 0 Å². The van der Waals surface area contributed by atoms with Crippen molar-refractivity contribution in [2.45, 2.75) is 0 Å². The number of para-hydroxylation sites is 1. The van der Waals surface area contributed by atoms with Crippen LogP contribution in [-0.2, 0) is 4.79 Å². The normalized spacial score (nSPS) is 9.93. The van der Waals surface area contributed by atoms with Crippen LogP contribution in [0.25, 0.3) is 10.8 Å². The topological polar surface area (TPSA) is 90.7 Å². The molecule has 6 nitrogen and oxygen atoms in total. The minimum atomic E-state index is -0.563. The first-order chi connectivity index (χ1) is 14.1. The minimum Gasteiger partial charge on any atom is -0.484 e. The van der Waals surface area contributed by atoms with Crippen LogP contribution in [0.1, 0.15) is 10.4 Å². The molecule has 0 atom stereocenters. The Kier molecular flexibility index (Phi) is 6.69. The summed E-state index contributed by atoms with van der Waals surface area (Å²) in [5, 5.41) is 4.81. The first-order valence-corrected chi connectivity index (χ1v) is 8.99. The van der Waals surface area contributed by atoms with Crippen LogP contribution < -0.4 is 20.5 Å². The van der Waals surface area contributed by atoms with Gasteiger partial charge in [-0.2, -0.15) is 0 Å². The molecule has 0 bridgehead atoms. The summed E-state index contributed by atoms with van der Waals surface area (Å²) in [7, 11) is 0. The van der Waals surface area contributed by atoms with Crippen LogP contribution in [0.2, 0.25) is 0 Å². The molecule has 0 fully saturated rings. The van der Waals surface area contributed by atoms with Crippen molar-refractivity contribution in [1.82, 2.24) is 5.32 Å². The molecule has 146 valence electrons. The lowest BCUT2D eigenvalue weighted by molar-refractivity contribution is -0.122. The molecule has 0 saturated carbocycles. The van der Waals surface area contributed by atoms with E-state index in [-0.39, 0.29) is 25.7 Å². The second-order valence-corrected chi connectivity index (χ2v) is 6.08. The van der Waals surface area contributed by atoms with E-state index in [1.54, 1.807) is 24.3 Å². The standard InChI is InChI=1S/C23H20N2O4/c24-23(27)20-9-3-4-10-21(20)28-14-6-5-13-25-22(26)16-29-19-12-11-17-7-1-2-8-18(17)15-19/h1-4,7-12,15H,13-14,16H2,(H2,24,27)(H,25,26). The number of primary amides is 1. The Labute approximate surface area is 168 Å². The second-order valence-electron chi connectivity index (χ2n) is 6.08. The second kappa shape index (κ2) is 9.81. The van der Waals surface area contributed by atoms with E-state index in [9.17, 15) is 9.59 Å². The number of benzene rings is 3. The zero-order valence-corrected chi connectivity index (χ0v) is 15.7. The number of amides is 2. The molecule has 0 heterocycles. The highest BCUT2D eigenvalue weighted by Gasteiger charge is 2.07. The van der Waals surface area contributed by atoms with Crippen molar-refractivity contribution in [3.63, 3.8) is 0 Å². The number of ether oxygens (including phenoxy) is 2. The lowest BCUT2D eigenvalue weighted by Crippen LogP contribution is -2.29. The third kappa shape index (κ3) is 5.75. The summed E-state index contributed by atoms with van der Waals surface area (Å²) < 4.78 is 11.0. The SMILES string of the molecule is NC(=O)c1ccccc1OCC#CCNC(=O)COc1ccc2ccccc2c1. The van der Waals surface area contributed by atoms with Crippen molar-refractivity contribution in [2.24, 2.45) is 5.73 Å². The lowest BCUT2D eigenvalue weighted by Gasteiger charge is -2.07. The molecular weight excluding hydrogens is 368 g/mol. The predicted molar refractivity (Wildman–Crippen MR) is 111 cm³/mol. The Morgan fingerprint density at radius 3 is 2.48 bits per heavy atom. The van der Waals surface area contributed by atoms with Gasteiger partial charge in [-0.05, 0) is 35.0 Å². The molecule has 29 heavy (non-hydrogen) atoms. The van der Waals surface area contributed by atoms with Gasteiger partial charge in [0.15, 0.2) is 6.61 Å². The maximum Gasteiger partial charge on any atom is 0.258 e. The number of nitrogens with one attached hydrogen (secondary N) is 1. The van der Waals surface area contributed by atoms with E-state index in [4.69, 9.17) is 15.2 Å². The molecule has 0 aliphatic rings. The average molecular weight is 388 g/mol. The summed E-state index contributed by atoms with van der Waals surface area (Å²) in [5.41, 5.74) is 5.58. The van der Waals surface area contributed by atoms with Gasteiger partial charge in [0.25, 0.3) is 11.8 Å². The molecule has 0 radical (unpaired) electrons. The number of hydrogen-bond donors (Lipinski definition) is 2. The van der Waals surface area contributed by atoms with Gasteiger partial charge in [0.1, 0.15) is 18.1 Å². The van der Waals surface area contributed by atoms with Crippen LogP contribution in [0.15, 0.2) is 66.7 Å². The lowest BCUT2D eigenvalue weighted by atomic mass is 10.1. The van der Waals surface area contributed by atoms with E-state index >= 15 is 0 Å². The zero-order valence-electron chi connectivity index (χ0n) is 15.7. The molecule has 3 rings (SSSR count). The van der Waals surface area contributed by atoms with Crippen LogP contribution in [0, 0.1) is 11.8 Å². The van der Waals surface area contributed by atoms with Gasteiger partial charge in [0.2, 0.25) is 0 Å². The van der Waals surface area contributed by atoms with Gasteiger partial charge in [-0.15, -0.1) is 0 Å². The van der Waals surface area contributed by atoms with Crippen molar-refractivity contribution in [1.29, 1.82) is 0 Å².